The molecule has 2 rings (SSSR count). The van der Waals surface area contributed by atoms with E-state index in [1.54, 1.807) is 0 Å². The van der Waals surface area contributed by atoms with Gasteiger partial charge >= 0.3 is 0 Å². The van der Waals surface area contributed by atoms with Gasteiger partial charge < -0.3 is 10.2 Å². The Bertz CT molecular complexity index is 230. The van der Waals surface area contributed by atoms with Crippen LogP contribution < -0.4 is 5.32 Å². The van der Waals surface area contributed by atoms with E-state index in [2.05, 4.69) is 17.1 Å². The topological polar surface area (TPSA) is 32.3 Å². The number of carbonyl (C=O) groups is 1. The summed E-state index contributed by atoms with van der Waals surface area (Å²) < 4.78 is 0. The average Bonchev–Trinajstić information content (AvgIpc) is 2.25. The second-order valence-corrected chi connectivity index (χ2v) is 5.34. The normalized spacial score (nSPS) is 23.2. The lowest BCUT2D eigenvalue weighted by molar-refractivity contribution is -0.134. The summed E-state index contributed by atoms with van der Waals surface area (Å²) >= 11 is 0. The molecule has 0 unspecified atom stereocenters. The van der Waals surface area contributed by atoms with Crippen molar-refractivity contribution in [3.63, 3.8) is 0 Å². The third kappa shape index (κ3) is 2.97. The van der Waals surface area contributed by atoms with Gasteiger partial charge in [-0.2, -0.15) is 0 Å². The van der Waals surface area contributed by atoms with Crippen LogP contribution in [-0.2, 0) is 4.79 Å². The Morgan fingerprint density at radius 1 is 1.25 bits per heavy atom. The van der Waals surface area contributed by atoms with Crippen molar-refractivity contribution in [1.29, 1.82) is 0 Å². The first kappa shape index (κ1) is 11.9. The first-order valence-electron chi connectivity index (χ1n) is 6.78. The van der Waals surface area contributed by atoms with Gasteiger partial charge in [-0.1, -0.05) is 19.8 Å². The summed E-state index contributed by atoms with van der Waals surface area (Å²) in [5.41, 5.74) is 0. The molecule has 2 aliphatic heterocycles. The van der Waals surface area contributed by atoms with Crippen LogP contribution in [0, 0.1) is 11.8 Å². The first-order chi connectivity index (χ1) is 7.79. The maximum atomic E-state index is 12.0. The molecule has 2 heterocycles. The van der Waals surface area contributed by atoms with E-state index in [-0.39, 0.29) is 0 Å². The molecule has 2 fully saturated rings. The number of likely N-dealkylation sites (tertiary alicyclic amines) is 1. The number of hydrogen-bond acceptors (Lipinski definition) is 2. The highest BCUT2D eigenvalue weighted by atomic mass is 16.2. The zero-order valence-electron chi connectivity index (χ0n) is 10.4. The smallest absolute Gasteiger partial charge is 0.222 e. The van der Waals surface area contributed by atoms with Crippen LogP contribution in [0.15, 0.2) is 0 Å². The number of nitrogens with zero attached hydrogens (tertiary/aromatic N) is 1. The van der Waals surface area contributed by atoms with Crippen LogP contribution in [0.1, 0.15) is 39.0 Å². The Morgan fingerprint density at radius 3 is 2.44 bits per heavy atom. The molecular formula is C13H24N2O. The molecule has 0 bridgehead atoms. The lowest BCUT2D eigenvalue weighted by Gasteiger charge is -2.34. The van der Waals surface area contributed by atoms with E-state index in [1.807, 2.05) is 0 Å². The quantitative estimate of drug-likeness (QED) is 0.787. The number of nitrogens with one attached hydrogen (secondary N) is 1. The SMILES string of the molecule is CCCC1CCN(C(=O)CC2CNC2)CC1. The number of rotatable bonds is 4. The maximum absolute atomic E-state index is 12.0. The summed E-state index contributed by atoms with van der Waals surface area (Å²) in [7, 11) is 0. The third-order valence-electron chi connectivity index (χ3n) is 3.99. The van der Waals surface area contributed by atoms with Gasteiger partial charge in [-0.05, 0) is 37.8 Å². The first-order valence-corrected chi connectivity index (χ1v) is 6.78. The minimum absolute atomic E-state index is 0.390. The van der Waals surface area contributed by atoms with E-state index >= 15 is 0 Å². The fraction of sp³-hybridized carbons (Fsp3) is 0.923. The van der Waals surface area contributed by atoms with Crippen LogP contribution in [0.4, 0.5) is 0 Å². The van der Waals surface area contributed by atoms with Gasteiger partial charge in [-0.25, -0.2) is 0 Å². The highest BCUT2D eigenvalue weighted by molar-refractivity contribution is 5.76. The lowest BCUT2D eigenvalue weighted by Crippen LogP contribution is -2.46. The third-order valence-corrected chi connectivity index (χ3v) is 3.99. The Hall–Kier alpha value is -0.570. The van der Waals surface area contributed by atoms with E-state index in [0.29, 0.717) is 11.8 Å². The average molecular weight is 224 g/mol. The molecule has 0 radical (unpaired) electrons. The Kier molecular flexibility index (Phi) is 4.22. The standard InChI is InChI=1S/C13H24N2O/c1-2-3-11-4-6-15(7-5-11)13(16)8-12-9-14-10-12/h11-12,14H,2-10H2,1H3. The van der Waals surface area contributed by atoms with Crippen molar-refractivity contribution < 1.29 is 4.79 Å². The molecule has 0 aromatic heterocycles. The van der Waals surface area contributed by atoms with Gasteiger partial charge in [-0.3, -0.25) is 4.79 Å². The van der Waals surface area contributed by atoms with Gasteiger partial charge in [-0.15, -0.1) is 0 Å². The summed E-state index contributed by atoms with van der Waals surface area (Å²) in [6, 6.07) is 0. The second-order valence-electron chi connectivity index (χ2n) is 5.34. The van der Waals surface area contributed by atoms with Gasteiger partial charge in [0.2, 0.25) is 5.91 Å². The number of amides is 1. The van der Waals surface area contributed by atoms with Gasteiger partial charge in [0, 0.05) is 19.5 Å². The fourth-order valence-electron chi connectivity index (χ4n) is 2.75. The molecule has 1 N–H and O–H groups in total. The Balaban J connectivity index is 1.68. The Labute approximate surface area is 98.6 Å². The molecule has 0 aromatic carbocycles. The van der Waals surface area contributed by atoms with Crippen molar-refractivity contribution in [2.75, 3.05) is 26.2 Å². The van der Waals surface area contributed by atoms with Crippen LogP contribution in [0.5, 0.6) is 0 Å². The predicted molar refractivity (Wildman–Crippen MR) is 65.2 cm³/mol. The number of piperidine rings is 1. The van der Waals surface area contributed by atoms with E-state index < -0.39 is 0 Å². The number of carbonyl (C=O) groups excluding carboxylic acids is 1. The molecule has 0 atom stereocenters. The summed E-state index contributed by atoms with van der Waals surface area (Å²) in [5.74, 6) is 1.88. The summed E-state index contributed by atoms with van der Waals surface area (Å²) in [6.07, 6.45) is 5.84. The van der Waals surface area contributed by atoms with E-state index in [4.69, 9.17) is 0 Å². The van der Waals surface area contributed by atoms with Crippen LogP contribution in [0.3, 0.4) is 0 Å². The molecule has 3 heteroatoms. The molecular weight excluding hydrogens is 200 g/mol. The van der Waals surface area contributed by atoms with E-state index in [1.165, 1.54) is 25.7 Å². The molecule has 0 saturated carbocycles. The van der Waals surface area contributed by atoms with Gasteiger partial charge in [0.15, 0.2) is 0 Å². The van der Waals surface area contributed by atoms with E-state index in [9.17, 15) is 4.79 Å². The highest BCUT2D eigenvalue weighted by Gasteiger charge is 2.26. The van der Waals surface area contributed by atoms with Crippen molar-refractivity contribution in [2.24, 2.45) is 11.8 Å². The summed E-state index contributed by atoms with van der Waals surface area (Å²) in [4.78, 5) is 14.1. The molecule has 0 spiro atoms. The zero-order valence-corrected chi connectivity index (χ0v) is 10.4. The molecule has 92 valence electrons. The van der Waals surface area contributed by atoms with Crippen molar-refractivity contribution in [2.45, 2.75) is 39.0 Å². The molecule has 0 aliphatic carbocycles. The summed E-state index contributed by atoms with van der Waals surface area (Å²) in [6.45, 7) is 6.34. The molecule has 0 aromatic rings. The lowest BCUT2D eigenvalue weighted by atomic mass is 9.91. The second kappa shape index (κ2) is 5.67. The predicted octanol–water partition coefficient (Wildman–Crippen LogP) is 1.63. The van der Waals surface area contributed by atoms with Crippen LogP contribution >= 0.6 is 0 Å². The largest absolute Gasteiger partial charge is 0.343 e. The summed E-state index contributed by atoms with van der Waals surface area (Å²) in [5, 5.41) is 3.22. The molecule has 2 aliphatic rings. The van der Waals surface area contributed by atoms with E-state index in [0.717, 1.165) is 38.5 Å². The van der Waals surface area contributed by atoms with Crippen molar-refractivity contribution in [3.05, 3.63) is 0 Å². The van der Waals surface area contributed by atoms with Crippen molar-refractivity contribution in [3.8, 4) is 0 Å². The minimum Gasteiger partial charge on any atom is -0.343 e. The monoisotopic (exact) mass is 224 g/mol. The van der Waals surface area contributed by atoms with Crippen LogP contribution in [0.25, 0.3) is 0 Å². The Morgan fingerprint density at radius 2 is 1.94 bits per heavy atom. The van der Waals surface area contributed by atoms with Gasteiger partial charge in [0.25, 0.3) is 0 Å². The van der Waals surface area contributed by atoms with Gasteiger partial charge in [0.05, 0.1) is 0 Å². The fourth-order valence-corrected chi connectivity index (χ4v) is 2.75. The van der Waals surface area contributed by atoms with Gasteiger partial charge in [0.1, 0.15) is 0 Å². The maximum Gasteiger partial charge on any atom is 0.222 e. The highest BCUT2D eigenvalue weighted by Crippen LogP contribution is 2.23. The zero-order chi connectivity index (χ0) is 11.4. The molecule has 16 heavy (non-hydrogen) atoms. The molecule has 2 saturated heterocycles. The minimum atomic E-state index is 0.390. The van der Waals surface area contributed by atoms with Crippen molar-refractivity contribution >= 4 is 5.91 Å². The number of hydrogen-bond donors (Lipinski definition) is 1. The molecule has 1 amide bonds. The molecule has 3 nitrogen and oxygen atoms in total. The van der Waals surface area contributed by atoms with Crippen LogP contribution in [-0.4, -0.2) is 37.0 Å². The van der Waals surface area contributed by atoms with Crippen LogP contribution in [0.2, 0.25) is 0 Å². The van der Waals surface area contributed by atoms with Crippen molar-refractivity contribution in [1.82, 2.24) is 10.2 Å².